The minimum absolute atomic E-state index is 0.0421. The second-order valence-electron chi connectivity index (χ2n) is 5.28. The standard InChI is InChI=1S/C17H20N2O/c1-6-16-15(9-13(5)18-19-16)17(20)14-8-11(3)10(2)7-12(14)4/h7-9H,6H2,1-5H3. The van der Waals surface area contributed by atoms with Gasteiger partial charge in [-0.1, -0.05) is 13.0 Å². The maximum atomic E-state index is 12.8. The van der Waals surface area contributed by atoms with Gasteiger partial charge in [0.2, 0.25) is 0 Å². The summed E-state index contributed by atoms with van der Waals surface area (Å²) < 4.78 is 0. The van der Waals surface area contributed by atoms with Crippen molar-refractivity contribution in [1.29, 1.82) is 0 Å². The lowest BCUT2D eigenvalue weighted by molar-refractivity contribution is 0.103. The van der Waals surface area contributed by atoms with E-state index in [0.29, 0.717) is 12.0 Å². The number of hydrogen-bond donors (Lipinski definition) is 0. The highest BCUT2D eigenvalue weighted by Gasteiger charge is 2.17. The summed E-state index contributed by atoms with van der Waals surface area (Å²) in [5.41, 5.74) is 6.32. The Morgan fingerprint density at radius 1 is 0.900 bits per heavy atom. The van der Waals surface area contributed by atoms with Gasteiger partial charge in [0.1, 0.15) is 0 Å². The number of ketones is 1. The monoisotopic (exact) mass is 268 g/mol. The number of aryl methyl sites for hydroxylation is 5. The molecule has 0 unspecified atom stereocenters. The third-order valence-electron chi connectivity index (χ3n) is 3.66. The summed E-state index contributed by atoms with van der Waals surface area (Å²) in [6.07, 6.45) is 0.707. The highest BCUT2D eigenvalue weighted by molar-refractivity contribution is 6.10. The summed E-state index contributed by atoms with van der Waals surface area (Å²) in [6, 6.07) is 5.88. The van der Waals surface area contributed by atoms with E-state index in [0.717, 1.165) is 28.1 Å². The molecule has 0 aliphatic heterocycles. The van der Waals surface area contributed by atoms with Crippen LogP contribution in [0.4, 0.5) is 0 Å². The van der Waals surface area contributed by atoms with Crippen molar-refractivity contribution in [2.75, 3.05) is 0 Å². The highest BCUT2D eigenvalue weighted by Crippen LogP contribution is 2.20. The third kappa shape index (κ3) is 2.62. The van der Waals surface area contributed by atoms with Gasteiger partial charge >= 0.3 is 0 Å². The summed E-state index contributed by atoms with van der Waals surface area (Å²) in [4.78, 5) is 12.8. The van der Waals surface area contributed by atoms with E-state index in [1.807, 2.05) is 39.8 Å². The lowest BCUT2D eigenvalue weighted by atomic mass is 9.93. The van der Waals surface area contributed by atoms with Gasteiger partial charge in [-0.3, -0.25) is 4.79 Å². The molecule has 0 aliphatic carbocycles. The zero-order valence-electron chi connectivity index (χ0n) is 12.7. The van der Waals surface area contributed by atoms with Gasteiger partial charge in [0.25, 0.3) is 0 Å². The van der Waals surface area contributed by atoms with E-state index in [2.05, 4.69) is 23.2 Å². The van der Waals surface area contributed by atoms with E-state index in [-0.39, 0.29) is 5.78 Å². The molecule has 1 heterocycles. The molecule has 0 amide bonds. The molecule has 0 bridgehead atoms. The number of carbonyl (C=O) groups is 1. The molecule has 20 heavy (non-hydrogen) atoms. The fraction of sp³-hybridized carbons (Fsp3) is 0.353. The number of benzene rings is 1. The second kappa shape index (κ2) is 5.53. The molecular formula is C17H20N2O. The van der Waals surface area contributed by atoms with Crippen LogP contribution in [0.15, 0.2) is 18.2 Å². The Morgan fingerprint density at radius 2 is 1.55 bits per heavy atom. The van der Waals surface area contributed by atoms with E-state index in [1.54, 1.807) is 0 Å². The molecule has 2 aromatic rings. The fourth-order valence-corrected chi connectivity index (χ4v) is 2.32. The Kier molecular flexibility index (Phi) is 3.98. The molecular weight excluding hydrogens is 248 g/mol. The quantitative estimate of drug-likeness (QED) is 0.800. The molecule has 104 valence electrons. The zero-order valence-corrected chi connectivity index (χ0v) is 12.7. The molecule has 0 fully saturated rings. The van der Waals surface area contributed by atoms with Crippen molar-refractivity contribution in [3.63, 3.8) is 0 Å². The largest absolute Gasteiger partial charge is 0.289 e. The number of rotatable bonds is 3. The van der Waals surface area contributed by atoms with E-state index >= 15 is 0 Å². The van der Waals surface area contributed by atoms with Crippen molar-refractivity contribution < 1.29 is 4.79 Å². The summed E-state index contributed by atoms with van der Waals surface area (Å²) in [7, 11) is 0. The minimum atomic E-state index is 0.0421. The Labute approximate surface area is 120 Å². The van der Waals surface area contributed by atoms with Crippen molar-refractivity contribution in [2.24, 2.45) is 0 Å². The topological polar surface area (TPSA) is 42.9 Å². The van der Waals surface area contributed by atoms with E-state index in [1.165, 1.54) is 5.56 Å². The van der Waals surface area contributed by atoms with Crippen LogP contribution in [-0.4, -0.2) is 16.0 Å². The van der Waals surface area contributed by atoms with Crippen LogP contribution in [0.1, 0.15) is 50.9 Å². The van der Waals surface area contributed by atoms with Gasteiger partial charge in [0, 0.05) is 11.1 Å². The average Bonchev–Trinajstić information content (AvgIpc) is 2.42. The molecule has 0 saturated heterocycles. The lowest BCUT2D eigenvalue weighted by Gasteiger charge is -2.11. The van der Waals surface area contributed by atoms with Gasteiger partial charge < -0.3 is 0 Å². The normalized spacial score (nSPS) is 10.7. The molecule has 3 nitrogen and oxygen atoms in total. The first kappa shape index (κ1) is 14.4. The SMILES string of the molecule is CCc1nnc(C)cc1C(=O)c1cc(C)c(C)cc1C. The van der Waals surface area contributed by atoms with Crippen LogP contribution in [0.3, 0.4) is 0 Å². The van der Waals surface area contributed by atoms with Crippen LogP contribution in [0.2, 0.25) is 0 Å². The number of nitrogens with zero attached hydrogens (tertiary/aromatic N) is 2. The maximum absolute atomic E-state index is 12.8. The molecule has 0 radical (unpaired) electrons. The van der Waals surface area contributed by atoms with Crippen LogP contribution in [0, 0.1) is 27.7 Å². The Balaban J connectivity index is 2.57. The van der Waals surface area contributed by atoms with Crippen molar-refractivity contribution in [2.45, 2.75) is 41.0 Å². The molecule has 0 aliphatic rings. The first-order valence-electron chi connectivity index (χ1n) is 6.89. The van der Waals surface area contributed by atoms with Crippen molar-refractivity contribution in [3.05, 3.63) is 57.4 Å². The van der Waals surface area contributed by atoms with Crippen LogP contribution in [0.25, 0.3) is 0 Å². The van der Waals surface area contributed by atoms with Crippen LogP contribution in [0.5, 0.6) is 0 Å². The van der Waals surface area contributed by atoms with Gasteiger partial charge in [-0.05, 0) is 62.9 Å². The van der Waals surface area contributed by atoms with Crippen molar-refractivity contribution >= 4 is 5.78 Å². The molecule has 1 aromatic heterocycles. The molecule has 1 aromatic carbocycles. The minimum Gasteiger partial charge on any atom is -0.289 e. The average molecular weight is 268 g/mol. The number of hydrogen-bond acceptors (Lipinski definition) is 3. The van der Waals surface area contributed by atoms with Crippen LogP contribution < -0.4 is 0 Å². The second-order valence-corrected chi connectivity index (χ2v) is 5.28. The summed E-state index contributed by atoms with van der Waals surface area (Å²) in [5, 5.41) is 8.18. The number of carbonyl (C=O) groups excluding carboxylic acids is 1. The van der Waals surface area contributed by atoms with Crippen LogP contribution >= 0.6 is 0 Å². The van der Waals surface area contributed by atoms with E-state index in [4.69, 9.17) is 0 Å². The van der Waals surface area contributed by atoms with Crippen molar-refractivity contribution in [1.82, 2.24) is 10.2 Å². The molecule has 0 N–H and O–H groups in total. The van der Waals surface area contributed by atoms with E-state index < -0.39 is 0 Å². The molecule has 0 saturated carbocycles. The fourth-order valence-electron chi connectivity index (χ4n) is 2.32. The number of aromatic nitrogens is 2. The lowest BCUT2D eigenvalue weighted by Crippen LogP contribution is -2.11. The Hall–Kier alpha value is -2.03. The molecule has 0 spiro atoms. The Morgan fingerprint density at radius 3 is 2.20 bits per heavy atom. The van der Waals surface area contributed by atoms with Gasteiger partial charge in [-0.25, -0.2) is 0 Å². The van der Waals surface area contributed by atoms with E-state index in [9.17, 15) is 4.79 Å². The summed E-state index contributed by atoms with van der Waals surface area (Å²) in [6.45, 7) is 9.92. The predicted octanol–water partition coefficient (Wildman–Crippen LogP) is 3.50. The van der Waals surface area contributed by atoms with Gasteiger partial charge in [0.15, 0.2) is 5.78 Å². The highest BCUT2D eigenvalue weighted by atomic mass is 16.1. The smallest absolute Gasteiger partial charge is 0.195 e. The third-order valence-corrected chi connectivity index (χ3v) is 3.66. The first-order valence-corrected chi connectivity index (χ1v) is 6.89. The van der Waals surface area contributed by atoms with Gasteiger partial charge in [0.05, 0.1) is 11.4 Å². The van der Waals surface area contributed by atoms with Gasteiger partial charge in [-0.15, -0.1) is 0 Å². The molecule has 3 heteroatoms. The zero-order chi connectivity index (χ0) is 14.9. The Bertz CT molecular complexity index is 675. The first-order chi connectivity index (χ1) is 9.43. The predicted molar refractivity (Wildman–Crippen MR) is 80.2 cm³/mol. The summed E-state index contributed by atoms with van der Waals surface area (Å²) in [5.74, 6) is 0.0421. The van der Waals surface area contributed by atoms with Gasteiger partial charge in [-0.2, -0.15) is 10.2 Å². The van der Waals surface area contributed by atoms with Crippen LogP contribution in [-0.2, 0) is 6.42 Å². The molecule has 2 rings (SSSR count). The maximum Gasteiger partial charge on any atom is 0.195 e. The summed E-state index contributed by atoms with van der Waals surface area (Å²) >= 11 is 0. The molecule has 0 atom stereocenters. The van der Waals surface area contributed by atoms with Crippen molar-refractivity contribution in [3.8, 4) is 0 Å².